The van der Waals surface area contributed by atoms with Crippen LogP contribution in [0.3, 0.4) is 0 Å². The van der Waals surface area contributed by atoms with Crippen LogP contribution in [0.1, 0.15) is 34.8 Å². The molecule has 1 saturated heterocycles. The second kappa shape index (κ2) is 9.57. The third-order valence-electron chi connectivity index (χ3n) is 6.32. The molecule has 0 saturated carbocycles. The van der Waals surface area contributed by atoms with Gasteiger partial charge in [0.2, 0.25) is 5.91 Å². The second-order valence-corrected chi connectivity index (χ2v) is 8.79. The van der Waals surface area contributed by atoms with Crippen LogP contribution in [0, 0.1) is 6.92 Å². The Hall–Kier alpha value is -4.60. The molecular weight excluding hydrogens is 456 g/mol. The highest BCUT2D eigenvalue weighted by atomic mass is 16.2. The fourth-order valence-electron chi connectivity index (χ4n) is 4.51. The number of nitrogen functional groups attached to an aromatic ring is 1. The first kappa shape index (κ1) is 23.2. The summed E-state index contributed by atoms with van der Waals surface area (Å²) in [5.74, 6) is 0.464. The summed E-state index contributed by atoms with van der Waals surface area (Å²) in [5, 5.41) is 8.33. The van der Waals surface area contributed by atoms with Crippen molar-refractivity contribution in [3.8, 4) is 11.3 Å². The number of benzene rings is 1. The van der Waals surface area contributed by atoms with Crippen LogP contribution in [0.5, 0.6) is 0 Å². The number of aryl methyl sites for hydroxylation is 1. The van der Waals surface area contributed by atoms with Gasteiger partial charge in [0.25, 0.3) is 5.91 Å². The van der Waals surface area contributed by atoms with Gasteiger partial charge in [-0.1, -0.05) is 18.7 Å². The number of likely N-dealkylation sites (tertiary alicyclic amines) is 1. The highest BCUT2D eigenvalue weighted by Gasteiger charge is 2.28. The number of piperidine rings is 1. The van der Waals surface area contributed by atoms with Gasteiger partial charge in [-0.2, -0.15) is 5.10 Å². The Kier molecular flexibility index (Phi) is 6.16. The van der Waals surface area contributed by atoms with Crippen molar-refractivity contribution < 1.29 is 9.59 Å². The maximum atomic E-state index is 12.7. The number of rotatable bonds is 5. The standard InChI is InChI=1S/C26H26N8O2/c1-3-21(35)33-12-4-5-19(14-33)34-25-22(24(27)29-15-30-25)23(32-34)17-6-8-18(9-7-17)26(36)31-20-13-16(2)10-11-28-20/h3,6-11,13,15,19H,1,4-5,12,14H2,2H3,(H2,27,29,30)(H,28,31,36)/t19-/m1/s1. The molecule has 0 aliphatic carbocycles. The molecular formula is C26H26N8O2. The monoisotopic (exact) mass is 482 g/mol. The molecule has 10 nitrogen and oxygen atoms in total. The van der Waals surface area contributed by atoms with E-state index < -0.39 is 0 Å². The molecule has 0 spiro atoms. The van der Waals surface area contributed by atoms with Gasteiger partial charge in [-0.05, 0) is 55.7 Å². The summed E-state index contributed by atoms with van der Waals surface area (Å²) >= 11 is 0. The number of hydrogen-bond donors (Lipinski definition) is 2. The van der Waals surface area contributed by atoms with Crippen molar-refractivity contribution in [3.05, 3.63) is 72.7 Å². The summed E-state index contributed by atoms with van der Waals surface area (Å²) in [7, 11) is 0. The topological polar surface area (TPSA) is 132 Å². The number of fused-ring (bicyclic) bond motifs is 1. The van der Waals surface area contributed by atoms with E-state index in [4.69, 9.17) is 10.8 Å². The Bertz CT molecular complexity index is 1460. The predicted octanol–water partition coefficient (Wildman–Crippen LogP) is 3.38. The van der Waals surface area contributed by atoms with Crippen LogP contribution in [0.15, 0.2) is 61.6 Å². The average Bonchev–Trinajstić information content (AvgIpc) is 3.29. The Labute approximate surface area is 207 Å². The molecule has 4 aromatic rings. The van der Waals surface area contributed by atoms with Crippen LogP contribution in [0.25, 0.3) is 22.3 Å². The lowest BCUT2D eigenvalue weighted by Gasteiger charge is -2.32. The van der Waals surface area contributed by atoms with Gasteiger partial charge in [-0.3, -0.25) is 9.59 Å². The maximum absolute atomic E-state index is 12.7. The van der Waals surface area contributed by atoms with E-state index in [1.807, 2.05) is 35.9 Å². The van der Waals surface area contributed by atoms with E-state index in [-0.39, 0.29) is 17.9 Å². The summed E-state index contributed by atoms with van der Waals surface area (Å²) in [6.07, 6.45) is 6.11. The molecule has 10 heteroatoms. The number of hydrogen-bond acceptors (Lipinski definition) is 7. The minimum Gasteiger partial charge on any atom is -0.383 e. The Morgan fingerprint density at radius 2 is 1.97 bits per heavy atom. The number of nitrogens with one attached hydrogen (secondary N) is 1. The first-order valence-electron chi connectivity index (χ1n) is 11.7. The average molecular weight is 483 g/mol. The molecule has 0 radical (unpaired) electrons. The number of pyridine rings is 1. The van der Waals surface area contributed by atoms with E-state index in [1.54, 1.807) is 23.2 Å². The van der Waals surface area contributed by atoms with E-state index >= 15 is 0 Å². The van der Waals surface area contributed by atoms with Gasteiger partial charge < -0.3 is 16.0 Å². The summed E-state index contributed by atoms with van der Waals surface area (Å²) in [6, 6.07) is 10.7. The summed E-state index contributed by atoms with van der Waals surface area (Å²) < 4.78 is 1.84. The van der Waals surface area contributed by atoms with Gasteiger partial charge in [0, 0.05) is 30.4 Å². The lowest BCUT2D eigenvalue weighted by molar-refractivity contribution is -0.127. The number of aromatic nitrogens is 5. The highest BCUT2D eigenvalue weighted by Crippen LogP contribution is 2.34. The molecule has 2 amide bonds. The largest absolute Gasteiger partial charge is 0.383 e. The molecule has 1 atom stereocenters. The smallest absolute Gasteiger partial charge is 0.256 e. The van der Waals surface area contributed by atoms with Crippen LogP contribution in [0.4, 0.5) is 11.6 Å². The third-order valence-corrected chi connectivity index (χ3v) is 6.32. The Morgan fingerprint density at radius 1 is 1.17 bits per heavy atom. The summed E-state index contributed by atoms with van der Waals surface area (Å²) in [4.78, 5) is 39.5. The number of nitrogens with zero attached hydrogens (tertiary/aromatic N) is 6. The number of carbonyl (C=O) groups is 2. The van der Waals surface area contributed by atoms with Crippen molar-refractivity contribution in [1.82, 2.24) is 29.6 Å². The summed E-state index contributed by atoms with van der Waals surface area (Å²) in [6.45, 7) is 6.74. The molecule has 0 unspecified atom stereocenters. The minimum atomic E-state index is -0.257. The zero-order chi connectivity index (χ0) is 25.2. The molecule has 1 aliphatic heterocycles. The van der Waals surface area contributed by atoms with Crippen molar-refractivity contribution in [2.75, 3.05) is 24.1 Å². The van der Waals surface area contributed by atoms with E-state index in [2.05, 4.69) is 26.8 Å². The van der Waals surface area contributed by atoms with E-state index in [0.717, 1.165) is 24.0 Å². The fourth-order valence-corrected chi connectivity index (χ4v) is 4.51. The maximum Gasteiger partial charge on any atom is 0.256 e. The van der Waals surface area contributed by atoms with Crippen molar-refractivity contribution in [2.24, 2.45) is 0 Å². The van der Waals surface area contributed by atoms with Gasteiger partial charge >= 0.3 is 0 Å². The first-order valence-corrected chi connectivity index (χ1v) is 11.7. The quantitative estimate of drug-likeness (QED) is 0.417. The molecule has 0 bridgehead atoms. The molecule has 5 rings (SSSR count). The van der Waals surface area contributed by atoms with Gasteiger partial charge in [0.15, 0.2) is 5.65 Å². The van der Waals surface area contributed by atoms with Crippen molar-refractivity contribution >= 4 is 34.5 Å². The third kappa shape index (κ3) is 4.40. The number of amides is 2. The van der Waals surface area contributed by atoms with Crippen LogP contribution in [0.2, 0.25) is 0 Å². The van der Waals surface area contributed by atoms with Crippen molar-refractivity contribution in [3.63, 3.8) is 0 Å². The first-order chi connectivity index (χ1) is 17.4. The van der Waals surface area contributed by atoms with Crippen LogP contribution in [-0.4, -0.2) is 54.5 Å². The van der Waals surface area contributed by atoms with Crippen LogP contribution >= 0.6 is 0 Å². The Balaban J connectivity index is 1.46. The van der Waals surface area contributed by atoms with Gasteiger partial charge in [-0.15, -0.1) is 0 Å². The Morgan fingerprint density at radius 3 is 2.72 bits per heavy atom. The number of carbonyl (C=O) groups excluding carboxylic acids is 2. The van der Waals surface area contributed by atoms with Crippen molar-refractivity contribution in [1.29, 1.82) is 0 Å². The predicted molar refractivity (Wildman–Crippen MR) is 137 cm³/mol. The molecule has 3 aromatic heterocycles. The second-order valence-electron chi connectivity index (χ2n) is 8.79. The lowest BCUT2D eigenvalue weighted by Crippen LogP contribution is -2.40. The normalized spacial score (nSPS) is 15.6. The molecule has 1 fully saturated rings. The number of anilines is 2. The zero-order valence-corrected chi connectivity index (χ0v) is 19.9. The van der Waals surface area contributed by atoms with Gasteiger partial charge in [0.1, 0.15) is 23.7 Å². The van der Waals surface area contributed by atoms with E-state index in [9.17, 15) is 9.59 Å². The summed E-state index contributed by atoms with van der Waals surface area (Å²) in [5.41, 5.74) is 9.77. The zero-order valence-electron chi connectivity index (χ0n) is 19.9. The minimum absolute atomic E-state index is 0.0555. The van der Waals surface area contributed by atoms with Gasteiger partial charge in [-0.25, -0.2) is 19.6 Å². The molecule has 4 heterocycles. The van der Waals surface area contributed by atoms with Crippen LogP contribution < -0.4 is 11.1 Å². The molecule has 1 aromatic carbocycles. The molecule has 36 heavy (non-hydrogen) atoms. The molecule has 3 N–H and O–H groups in total. The fraction of sp³-hybridized carbons (Fsp3) is 0.231. The van der Waals surface area contributed by atoms with E-state index in [0.29, 0.717) is 47.0 Å². The van der Waals surface area contributed by atoms with E-state index in [1.165, 1.54) is 12.4 Å². The number of nitrogens with two attached hydrogens (primary N) is 1. The molecule has 182 valence electrons. The molecule has 1 aliphatic rings. The highest BCUT2D eigenvalue weighted by molar-refractivity contribution is 6.04. The SMILES string of the molecule is C=CC(=O)N1CCC[C@@H](n2nc(-c3ccc(C(=O)Nc4cc(C)ccn4)cc3)c3c(N)ncnc32)C1. The lowest BCUT2D eigenvalue weighted by atomic mass is 10.1. The van der Waals surface area contributed by atoms with Crippen LogP contribution in [-0.2, 0) is 4.79 Å². The van der Waals surface area contributed by atoms with Crippen molar-refractivity contribution in [2.45, 2.75) is 25.8 Å². The van der Waals surface area contributed by atoms with Gasteiger partial charge in [0.05, 0.1) is 11.4 Å².